The number of ketones is 1. The lowest BCUT2D eigenvalue weighted by Crippen LogP contribution is -2.27. The molecule has 1 aromatic rings. The number of carboxylic acids is 1. The van der Waals surface area contributed by atoms with E-state index in [0.717, 1.165) is 5.56 Å². The zero-order valence-electron chi connectivity index (χ0n) is 10.3. The Morgan fingerprint density at radius 2 is 2.06 bits per heavy atom. The first-order valence-electron chi connectivity index (χ1n) is 5.88. The fourth-order valence-electron chi connectivity index (χ4n) is 1.56. The number of nitrogens with zero attached hydrogens (tertiary/aromatic N) is 1. The van der Waals surface area contributed by atoms with Gasteiger partial charge in [-0.2, -0.15) is 0 Å². The number of hydrogen-bond acceptors (Lipinski definition) is 4. The van der Waals surface area contributed by atoms with E-state index in [1.807, 2.05) is 12.1 Å². The lowest BCUT2D eigenvalue weighted by atomic mass is 10.0. The molecule has 0 fully saturated rings. The van der Waals surface area contributed by atoms with Gasteiger partial charge in [-0.1, -0.05) is 0 Å². The normalized spacial score (nSPS) is 12.1. The maximum Gasteiger partial charge on any atom is 0.333 e. The Morgan fingerprint density at radius 3 is 2.61 bits per heavy atom. The monoisotopic (exact) mass is 251 g/mol. The minimum atomic E-state index is -1.09. The molecule has 1 rings (SSSR count). The van der Waals surface area contributed by atoms with Gasteiger partial charge in [-0.05, 0) is 31.0 Å². The molecule has 1 atom stereocenters. The van der Waals surface area contributed by atoms with Gasteiger partial charge >= 0.3 is 5.97 Å². The van der Waals surface area contributed by atoms with E-state index in [1.54, 1.807) is 19.3 Å². The molecule has 0 bridgehead atoms. The van der Waals surface area contributed by atoms with Gasteiger partial charge in [0.05, 0.1) is 0 Å². The summed E-state index contributed by atoms with van der Waals surface area (Å²) in [4.78, 5) is 26.3. The molecule has 0 saturated heterocycles. The van der Waals surface area contributed by atoms with E-state index < -0.39 is 12.1 Å². The highest BCUT2D eigenvalue weighted by Crippen LogP contribution is 2.07. The lowest BCUT2D eigenvalue weighted by Gasteiger charge is -2.11. The van der Waals surface area contributed by atoms with Crippen molar-refractivity contribution >= 4 is 11.8 Å². The summed E-state index contributed by atoms with van der Waals surface area (Å²) >= 11 is 0. The molecule has 1 unspecified atom stereocenters. The topological polar surface area (TPSA) is 76.5 Å². The molecular formula is C13H17NO4. The summed E-state index contributed by atoms with van der Waals surface area (Å²) in [6.07, 6.45) is 3.15. The van der Waals surface area contributed by atoms with Crippen LogP contribution in [0.15, 0.2) is 24.5 Å². The van der Waals surface area contributed by atoms with Crippen LogP contribution in [0.4, 0.5) is 0 Å². The zero-order chi connectivity index (χ0) is 13.4. The fourth-order valence-corrected chi connectivity index (χ4v) is 1.56. The van der Waals surface area contributed by atoms with E-state index in [-0.39, 0.29) is 18.8 Å². The molecule has 98 valence electrons. The summed E-state index contributed by atoms with van der Waals surface area (Å²) < 4.78 is 5.00. The minimum Gasteiger partial charge on any atom is -0.479 e. The number of carbonyl (C=O) groups is 2. The number of Topliss-reactive ketones (excluding diaryl/α,β-unsaturated/α-hetero) is 1. The maximum atomic E-state index is 11.6. The Morgan fingerprint density at radius 1 is 1.39 bits per heavy atom. The molecule has 0 amide bonds. The molecular weight excluding hydrogens is 234 g/mol. The summed E-state index contributed by atoms with van der Waals surface area (Å²) in [5.41, 5.74) is 1.02. The van der Waals surface area contributed by atoms with Crippen molar-refractivity contribution in [1.29, 1.82) is 0 Å². The minimum absolute atomic E-state index is 0.0751. The molecule has 1 aromatic heterocycles. The number of ether oxygens (including phenoxy) is 1. The molecule has 0 aliphatic rings. The highest BCUT2D eigenvalue weighted by Gasteiger charge is 2.20. The van der Waals surface area contributed by atoms with E-state index in [1.165, 1.54) is 0 Å². The average molecular weight is 251 g/mol. The number of carboxylic acid groups (broad SMARTS) is 1. The summed E-state index contributed by atoms with van der Waals surface area (Å²) in [7, 11) is 0. The molecule has 0 radical (unpaired) electrons. The second-order valence-electron chi connectivity index (χ2n) is 3.88. The third kappa shape index (κ3) is 5.05. The molecule has 0 aliphatic carbocycles. The van der Waals surface area contributed by atoms with Gasteiger partial charge in [0.1, 0.15) is 5.78 Å². The van der Waals surface area contributed by atoms with Crippen LogP contribution in [0, 0.1) is 0 Å². The Kier molecular flexibility index (Phi) is 6.00. The smallest absolute Gasteiger partial charge is 0.333 e. The van der Waals surface area contributed by atoms with Gasteiger partial charge in [-0.15, -0.1) is 0 Å². The van der Waals surface area contributed by atoms with Crippen LogP contribution in [-0.2, 0) is 20.7 Å². The van der Waals surface area contributed by atoms with Gasteiger partial charge in [0.15, 0.2) is 6.10 Å². The molecule has 0 aromatic carbocycles. The number of hydrogen-bond donors (Lipinski definition) is 1. The fraction of sp³-hybridized carbons (Fsp3) is 0.462. The average Bonchev–Trinajstić information content (AvgIpc) is 2.37. The van der Waals surface area contributed by atoms with Crippen LogP contribution in [0.3, 0.4) is 0 Å². The first-order valence-corrected chi connectivity index (χ1v) is 5.88. The standard InChI is InChI=1S/C13H17NO4/c1-2-18-12(13(16)17)9-11(15)4-3-10-5-7-14-8-6-10/h5-8,12H,2-4,9H2,1H3,(H,16,17). The van der Waals surface area contributed by atoms with Gasteiger partial charge < -0.3 is 9.84 Å². The van der Waals surface area contributed by atoms with Crippen molar-refractivity contribution in [3.05, 3.63) is 30.1 Å². The predicted octanol–water partition coefficient (Wildman–Crippen LogP) is 1.46. The number of aryl methyl sites for hydroxylation is 1. The molecule has 1 N–H and O–H groups in total. The summed E-state index contributed by atoms with van der Waals surface area (Å²) in [5, 5.41) is 8.85. The summed E-state index contributed by atoms with van der Waals surface area (Å²) in [5.74, 6) is -1.19. The Balaban J connectivity index is 2.39. The first-order chi connectivity index (χ1) is 8.63. The second-order valence-corrected chi connectivity index (χ2v) is 3.88. The first kappa shape index (κ1) is 14.3. The lowest BCUT2D eigenvalue weighted by molar-refractivity contribution is -0.152. The predicted molar refractivity (Wildman–Crippen MR) is 65.2 cm³/mol. The van der Waals surface area contributed by atoms with Crippen molar-refractivity contribution in [2.24, 2.45) is 0 Å². The molecule has 0 spiro atoms. The number of rotatable bonds is 8. The van der Waals surface area contributed by atoms with Crippen molar-refractivity contribution in [2.45, 2.75) is 32.3 Å². The maximum absolute atomic E-state index is 11.6. The van der Waals surface area contributed by atoms with Gasteiger partial charge in [-0.3, -0.25) is 9.78 Å². The highest BCUT2D eigenvalue weighted by molar-refractivity contribution is 5.85. The SMILES string of the molecule is CCOC(CC(=O)CCc1ccncc1)C(=O)O. The van der Waals surface area contributed by atoms with E-state index in [2.05, 4.69) is 4.98 Å². The van der Waals surface area contributed by atoms with Crippen LogP contribution in [0.1, 0.15) is 25.3 Å². The molecule has 0 aliphatic heterocycles. The van der Waals surface area contributed by atoms with Crippen LogP contribution in [-0.4, -0.2) is 34.6 Å². The molecule has 5 nitrogen and oxygen atoms in total. The van der Waals surface area contributed by atoms with Crippen molar-refractivity contribution in [2.75, 3.05) is 6.61 Å². The van der Waals surface area contributed by atoms with Crippen molar-refractivity contribution in [1.82, 2.24) is 4.98 Å². The molecule has 5 heteroatoms. The quantitative estimate of drug-likeness (QED) is 0.757. The van der Waals surface area contributed by atoms with Crippen LogP contribution >= 0.6 is 0 Å². The number of aliphatic carboxylic acids is 1. The number of carbonyl (C=O) groups excluding carboxylic acids is 1. The third-order valence-corrected chi connectivity index (χ3v) is 2.50. The van der Waals surface area contributed by atoms with E-state index in [4.69, 9.17) is 9.84 Å². The van der Waals surface area contributed by atoms with E-state index in [0.29, 0.717) is 12.8 Å². The third-order valence-electron chi connectivity index (χ3n) is 2.50. The van der Waals surface area contributed by atoms with Crippen molar-refractivity contribution in [3.63, 3.8) is 0 Å². The van der Waals surface area contributed by atoms with Gasteiger partial charge in [0.25, 0.3) is 0 Å². The Bertz CT molecular complexity index is 391. The Hall–Kier alpha value is -1.75. The van der Waals surface area contributed by atoms with Crippen LogP contribution in [0.5, 0.6) is 0 Å². The summed E-state index contributed by atoms with van der Waals surface area (Å²) in [6.45, 7) is 1.99. The van der Waals surface area contributed by atoms with Gasteiger partial charge in [0.2, 0.25) is 0 Å². The number of aromatic nitrogens is 1. The number of pyridine rings is 1. The summed E-state index contributed by atoms with van der Waals surface area (Å²) in [6, 6.07) is 3.68. The molecule has 0 saturated carbocycles. The van der Waals surface area contributed by atoms with Crippen LogP contribution < -0.4 is 0 Å². The van der Waals surface area contributed by atoms with Crippen LogP contribution in [0.2, 0.25) is 0 Å². The van der Waals surface area contributed by atoms with Gasteiger partial charge in [0, 0.05) is 31.8 Å². The van der Waals surface area contributed by atoms with Crippen LogP contribution in [0.25, 0.3) is 0 Å². The van der Waals surface area contributed by atoms with Gasteiger partial charge in [-0.25, -0.2) is 4.79 Å². The molecule has 1 heterocycles. The Labute approximate surface area is 106 Å². The van der Waals surface area contributed by atoms with Crippen molar-refractivity contribution in [3.8, 4) is 0 Å². The van der Waals surface area contributed by atoms with E-state index >= 15 is 0 Å². The van der Waals surface area contributed by atoms with Crippen molar-refractivity contribution < 1.29 is 19.4 Å². The largest absolute Gasteiger partial charge is 0.479 e. The highest BCUT2D eigenvalue weighted by atomic mass is 16.5. The second kappa shape index (κ2) is 7.55. The molecule has 18 heavy (non-hydrogen) atoms. The zero-order valence-corrected chi connectivity index (χ0v) is 10.3. The van der Waals surface area contributed by atoms with E-state index in [9.17, 15) is 9.59 Å².